The quantitative estimate of drug-likeness (QED) is 0.668. The molecule has 134 valence electrons. The molecule has 1 amide bonds. The number of aromatic nitrogens is 4. The molecular weight excluding hydrogens is 334 g/mol. The molecule has 0 aliphatic carbocycles. The first kappa shape index (κ1) is 16.3. The fourth-order valence-electron chi connectivity index (χ4n) is 3.54. The van der Waals surface area contributed by atoms with Crippen molar-refractivity contribution in [1.82, 2.24) is 18.7 Å². The summed E-state index contributed by atoms with van der Waals surface area (Å²) < 4.78 is 3.87. The van der Waals surface area contributed by atoms with Gasteiger partial charge in [0.1, 0.15) is 6.54 Å². The fourth-order valence-corrected chi connectivity index (χ4v) is 3.54. The maximum absolute atomic E-state index is 12.9. The fraction of sp³-hybridized carbons (Fsp3) is 0.333. The van der Waals surface area contributed by atoms with E-state index < -0.39 is 11.2 Å². The van der Waals surface area contributed by atoms with E-state index in [0.717, 1.165) is 28.7 Å². The Morgan fingerprint density at radius 1 is 1.15 bits per heavy atom. The molecule has 0 fully saturated rings. The molecule has 1 aliphatic rings. The van der Waals surface area contributed by atoms with Crippen LogP contribution in [0.3, 0.4) is 0 Å². The zero-order chi connectivity index (χ0) is 18.4. The van der Waals surface area contributed by atoms with E-state index in [-0.39, 0.29) is 23.6 Å². The summed E-state index contributed by atoms with van der Waals surface area (Å²) in [4.78, 5) is 43.4. The van der Waals surface area contributed by atoms with E-state index in [9.17, 15) is 14.4 Å². The number of fused-ring (bicyclic) bond motifs is 2. The molecule has 1 aromatic carbocycles. The van der Waals surface area contributed by atoms with Gasteiger partial charge in [-0.25, -0.2) is 9.78 Å². The Hall–Kier alpha value is -3.16. The maximum atomic E-state index is 12.9. The predicted octanol–water partition coefficient (Wildman–Crippen LogP) is 0.413. The van der Waals surface area contributed by atoms with Crippen LogP contribution in [0.1, 0.15) is 12.0 Å². The molecule has 3 heterocycles. The molecule has 0 bridgehead atoms. The predicted molar refractivity (Wildman–Crippen MR) is 97.3 cm³/mol. The summed E-state index contributed by atoms with van der Waals surface area (Å²) in [5.74, 6) is -0.104. The van der Waals surface area contributed by atoms with Gasteiger partial charge >= 0.3 is 5.69 Å². The number of aryl methyl sites for hydroxylation is 2. The van der Waals surface area contributed by atoms with Gasteiger partial charge in [0.25, 0.3) is 5.56 Å². The summed E-state index contributed by atoms with van der Waals surface area (Å²) in [5.41, 5.74) is 1.73. The third-order valence-electron chi connectivity index (χ3n) is 4.93. The molecule has 0 saturated heterocycles. The Kier molecular flexibility index (Phi) is 3.75. The third kappa shape index (κ3) is 2.37. The number of imidazole rings is 1. The van der Waals surface area contributed by atoms with Crippen molar-refractivity contribution in [2.24, 2.45) is 14.1 Å². The summed E-state index contributed by atoms with van der Waals surface area (Å²) in [6.45, 7) is 0.650. The Balaban J connectivity index is 1.74. The van der Waals surface area contributed by atoms with Gasteiger partial charge < -0.3 is 9.47 Å². The SMILES string of the molecule is Cn1c(=O)c2c(ncn2CC(=O)N2CCCc3ccccc32)n(C)c1=O. The highest BCUT2D eigenvalue weighted by molar-refractivity contribution is 5.95. The van der Waals surface area contributed by atoms with Crippen LogP contribution in [-0.4, -0.2) is 31.1 Å². The minimum Gasteiger partial charge on any atom is -0.315 e. The monoisotopic (exact) mass is 353 g/mol. The lowest BCUT2D eigenvalue weighted by atomic mass is 10.0. The average Bonchev–Trinajstić information content (AvgIpc) is 3.07. The van der Waals surface area contributed by atoms with E-state index in [4.69, 9.17) is 0 Å². The van der Waals surface area contributed by atoms with Crippen molar-refractivity contribution in [2.75, 3.05) is 11.4 Å². The number of anilines is 1. The molecule has 0 N–H and O–H groups in total. The molecule has 0 unspecified atom stereocenters. The summed E-state index contributed by atoms with van der Waals surface area (Å²) in [6, 6.07) is 7.87. The topological polar surface area (TPSA) is 82.1 Å². The second-order valence-corrected chi connectivity index (χ2v) is 6.53. The first-order valence-corrected chi connectivity index (χ1v) is 8.48. The van der Waals surface area contributed by atoms with Crippen molar-refractivity contribution in [2.45, 2.75) is 19.4 Å². The third-order valence-corrected chi connectivity index (χ3v) is 4.93. The molecule has 0 saturated carbocycles. The highest BCUT2D eigenvalue weighted by Gasteiger charge is 2.23. The number of amides is 1. The Bertz CT molecular complexity index is 1140. The lowest BCUT2D eigenvalue weighted by Gasteiger charge is -2.29. The number of carbonyl (C=O) groups is 1. The molecule has 8 heteroatoms. The zero-order valence-electron chi connectivity index (χ0n) is 14.7. The van der Waals surface area contributed by atoms with Crippen molar-refractivity contribution >= 4 is 22.8 Å². The molecule has 2 aromatic heterocycles. The van der Waals surface area contributed by atoms with Gasteiger partial charge in [-0.1, -0.05) is 18.2 Å². The molecule has 4 rings (SSSR count). The summed E-state index contributed by atoms with van der Waals surface area (Å²) >= 11 is 0. The molecule has 0 atom stereocenters. The van der Waals surface area contributed by atoms with E-state index in [1.54, 1.807) is 11.9 Å². The second-order valence-electron chi connectivity index (χ2n) is 6.53. The first-order valence-electron chi connectivity index (χ1n) is 8.48. The molecule has 26 heavy (non-hydrogen) atoms. The molecule has 8 nitrogen and oxygen atoms in total. The van der Waals surface area contributed by atoms with Crippen LogP contribution < -0.4 is 16.1 Å². The van der Waals surface area contributed by atoms with Crippen molar-refractivity contribution in [1.29, 1.82) is 0 Å². The van der Waals surface area contributed by atoms with Gasteiger partial charge in [0, 0.05) is 26.3 Å². The van der Waals surface area contributed by atoms with Gasteiger partial charge in [-0.15, -0.1) is 0 Å². The smallest absolute Gasteiger partial charge is 0.315 e. The number of benzene rings is 1. The minimum absolute atomic E-state index is 0.00171. The molecule has 0 spiro atoms. The Labute approximate surface area is 148 Å². The van der Waals surface area contributed by atoms with Crippen LogP contribution in [0.5, 0.6) is 0 Å². The lowest BCUT2D eigenvalue weighted by Crippen LogP contribution is -2.39. The number of para-hydroxylation sites is 1. The van der Waals surface area contributed by atoms with Crippen LogP contribution in [0.2, 0.25) is 0 Å². The molecular formula is C18H19N5O3. The van der Waals surface area contributed by atoms with Crippen LogP contribution in [-0.2, 0) is 31.9 Å². The van der Waals surface area contributed by atoms with Crippen molar-refractivity contribution < 1.29 is 4.79 Å². The number of hydrogen-bond donors (Lipinski definition) is 0. The van der Waals surface area contributed by atoms with Gasteiger partial charge in [-0.2, -0.15) is 0 Å². The minimum atomic E-state index is -0.451. The average molecular weight is 353 g/mol. The Morgan fingerprint density at radius 3 is 2.73 bits per heavy atom. The van der Waals surface area contributed by atoms with E-state index in [2.05, 4.69) is 4.98 Å². The van der Waals surface area contributed by atoms with E-state index in [0.29, 0.717) is 6.54 Å². The van der Waals surface area contributed by atoms with E-state index in [1.807, 2.05) is 24.3 Å². The number of nitrogens with zero attached hydrogens (tertiary/aromatic N) is 5. The number of hydrogen-bond acceptors (Lipinski definition) is 4. The van der Waals surface area contributed by atoms with Crippen LogP contribution in [0, 0.1) is 0 Å². The van der Waals surface area contributed by atoms with Crippen molar-refractivity contribution in [3.05, 3.63) is 57.0 Å². The van der Waals surface area contributed by atoms with Crippen LogP contribution in [0.15, 0.2) is 40.2 Å². The lowest BCUT2D eigenvalue weighted by molar-refractivity contribution is -0.119. The van der Waals surface area contributed by atoms with Gasteiger partial charge in [0.05, 0.1) is 6.33 Å². The van der Waals surface area contributed by atoms with E-state index >= 15 is 0 Å². The van der Waals surface area contributed by atoms with Gasteiger partial charge in [0.15, 0.2) is 11.2 Å². The highest BCUT2D eigenvalue weighted by atomic mass is 16.2. The largest absolute Gasteiger partial charge is 0.332 e. The van der Waals surface area contributed by atoms with Crippen molar-refractivity contribution in [3.8, 4) is 0 Å². The van der Waals surface area contributed by atoms with E-state index in [1.165, 1.54) is 22.5 Å². The normalized spacial score (nSPS) is 13.8. The molecule has 0 radical (unpaired) electrons. The highest BCUT2D eigenvalue weighted by Crippen LogP contribution is 2.27. The molecule has 3 aromatic rings. The standard InChI is InChI=1S/C18H19N5O3/c1-20-16-15(17(25)21(2)18(20)26)22(11-19-16)10-14(24)23-9-5-7-12-6-3-4-8-13(12)23/h3-4,6,8,11H,5,7,9-10H2,1-2H3. The van der Waals surface area contributed by atoms with Crippen molar-refractivity contribution in [3.63, 3.8) is 0 Å². The first-order chi connectivity index (χ1) is 12.5. The summed E-state index contributed by atoms with van der Waals surface area (Å²) in [6.07, 6.45) is 3.31. The number of carbonyl (C=O) groups excluding carboxylic acids is 1. The van der Waals surface area contributed by atoms with Crippen LogP contribution in [0.4, 0.5) is 5.69 Å². The zero-order valence-corrected chi connectivity index (χ0v) is 14.7. The van der Waals surface area contributed by atoms with Gasteiger partial charge in [-0.3, -0.25) is 18.7 Å². The van der Waals surface area contributed by atoms with Gasteiger partial charge in [0.2, 0.25) is 5.91 Å². The number of rotatable bonds is 2. The van der Waals surface area contributed by atoms with Crippen LogP contribution in [0.25, 0.3) is 11.2 Å². The van der Waals surface area contributed by atoms with Gasteiger partial charge in [-0.05, 0) is 24.5 Å². The second kappa shape index (κ2) is 5.98. The Morgan fingerprint density at radius 2 is 1.92 bits per heavy atom. The summed E-state index contributed by atoms with van der Waals surface area (Å²) in [5, 5.41) is 0. The maximum Gasteiger partial charge on any atom is 0.332 e. The molecule has 1 aliphatic heterocycles. The summed E-state index contributed by atoms with van der Waals surface area (Å²) in [7, 11) is 2.98. The van der Waals surface area contributed by atoms with Crippen LogP contribution >= 0.6 is 0 Å².